The Bertz CT molecular complexity index is 2960. The molecule has 2 fully saturated rings. The van der Waals surface area contributed by atoms with Gasteiger partial charge < -0.3 is 35.6 Å². The van der Waals surface area contributed by atoms with Crippen molar-refractivity contribution in [2.45, 2.75) is 112 Å². The second-order valence-electron chi connectivity index (χ2n) is 18.2. The van der Waals surface area contributed by atoms with Crippen LogP contribution in [0.3, 0.4) is 0 Å². The van der Waals surface area contributed by atoms with E-state index in [0.717, 1.165) is 44.5 Å². The van der Waals surface area contributed by atoms with Gasteiger partial charge in [0, 0.05) is 63.6 Å². The van der Waals surface area contributed by atoms with Crippen LogP contribution >= 0.6 is 0 Å². The third kappa shape index (κ3) is 11.7. The van der Waals surface area contributed by atoms with E-state index in [1.54, 1.807) is 68.3 Å². The van der Waals surface area contributed by atoms with Gasteiger partial charge in [-0.2, -0.15) is 10.2 Å². The molecule has 1 aromatic carbocycles. The van der Waals surface area contributed by atoms with Crippen LogP contribution in [0.15, 0.2) is 42.6 Å². The van der Waals surface area contributed by atoms with Crippen LogP contribution in [-0.4, -0.2) is 130 Å². The number of nitrogens with zero attached hydrogens (tertiary/aromatic N) is 10. The van der Waals surface area contributed by atoms with E-state index in [1.165, 1.54) is 10.9 Å². The summed E-state index contributed by atoms with van der Waals surface area (Å²) in [5.74, 6) is -0.245. The van der Waals surface area contributed by atoms with Gasteiger partial charge in [0.15, 0.2) is 11.9 Å². The number of pyridine rings is 1. The van der Waals surface area contributed by atoms with Crippen molar-refractivity contribution in [3.63, 3.8) is 0 Å². The zero-order valence-corrected chi connectivity index (χ0v) is 41.4. The van der Waals surface area contributed by atoms with E-state index >= 15 is 0 Å². The van der Waals surface area contributed by atoms with E-state index in [4.69, 9.17) is 30.7 Å². The molecule has 0 aliphatic carbocycles. The summed E-state index contributed by atoms with van der Waals surface area (Å²) < 4.78 is 24.1. The second-order valence-corrected chi connectivity index (χ2v) is 18.2. The molecule has 6 aromatic rings. The highest BCUT2D eigenvalue weighted by Crippen LogP contribution is 2.32. The van der Waals surface area contributed by atoms with Gasteiger partial charge in [-0.25, -0.2) is 19.7 Å². The van der Waals surface area contributed by atoms with Crippen LogP contribution in [0.25, 0.3) is 22.2 Å². The van der Waals surface area contributed by atoms with Crippen LogP contribution in [0.5, 0.6) is 5.75 Å². The molecule has 23 heteroatoms. The lowest BCUT2D eigenvalue weighted by atomic mass is 10.1. The monoisotopic (exact) mass is 977 g/mol. The van der Waals surface area contributed by atoms with Crippen LogP contribution in [0.1, 0.15) is 107 Å². The standard InChI is InChI=1S/C36H44N12O5.C12H19N3O3/c1-4-48-28(14-21(2)44-48)34(51)43-36-42-27-16-23(32(38)50)18-40-33(27)47(36)11-6-5-10-46-30-26(41-35(46)39-3)15-22(31(37)49)17-29(30)53-13-7-12-45-24-8-9-25(45)20-52-19-24;1-6-15-9(7-16)10(8(2)14-15)13-11(17)18-12(3,4)5/h5-6,14-18,24-25H,4,7-13,19-20H2,1-3H3,(H2,37,49)(H2,38,50)(H,39,41)(H,42,43,51);7H,6H2,1-5H3,(H,13,17)/b6-5+;. The molecule has 23 nitrogen and oxygen atoms in total. The molecular weight excluding hydrogens is 915 g/mol. The van der Waals surface area contributed by atoms with Gasteiger partial charge in [0.25, 0.3) is 5.91 Å². The number of aryl methyl sites for hydroxylation is 4. The lowest BCUT2D eigenvalue weighted by Crippen LogP contribution is -2.46. The zero-order chi connectivity index (χ0) is 51.1. The van der Waals surface area contributed by atoms with E-state index in [9.17, 15) is 24.0 Å². The van der Waals surface area contributed by atoms with E-state index in [0.29, 0.717) is 107 Å². The maximum absolute atomic E-state index is 13.4. The largest absolute Gasteiger partial charge is 0.491 e. The van der Waals surface area contributed by atoms with Crippen LogP contribution in [0.2, 0.25) is 0 Å². The SMILES string of the molecule is CCn1nc(C)c(NC(=O)OC(C)(C)C)c1C=O.CCn1nc(C)cc1C(=O)Nc1nc2cc(C(N)=O)cnc2n1C/C=C/Cn1c(NC)nc2cc(C(N)=O)cc(OCCCN3C4CCC3COC4)c21. The fraction of sp³-hybridized carbons (Fsp3) is 0.458. The third-order valence-electron chi connectivity index (χ3n) is 12.0. The van der Waals surface area contributed by atoms with Crippen molar-refractivity contribution in [1.82, 2.24) is 48.5 Å². The summed E-state index contributed by atoms with van der Waals surface area (Å²) in [4.78, 5) is 76.6. The van der Waals surface area contributed by atoms with Gasteiger partial charge in [-0.3, -0.25) is 48.6 Å². The van der Waals surface area contributed by atoms with E-state index in [2.05, 4.69) is 41.0 Å². The number of nitrogens with one attached hydrogen (secondary N) is 3. The molecule has 4 amide bonds. The Kier molecular flexibility index (Phi) is 15.8. The molecule has 378 valence electrons. The number of morpholine rings is 1. The zero-order valence-electron chi connectivity index (χ0n) is 41.4. The number of hydrogen-bond donors (Lipinski definition) is 5. The molecule has 2 saturated heterocycles. The minimum Gasteiger partial charge on any atom is -0.491 e. The van der Waals surface area contributed by atoms with Gasteiger partial charge in [0.05, 0.1) is 48.0 Å². The van der Waals surface area contributed by atoms with Crippen LogP contribution in [0.4, 0.5) is 22.4 Å². The van der Waals surface area contributed by atoms with Gasteiger partial charge in [0.1, 0.15) is 33.8 Å². The average molecular weight is 978 g/mol. The number of aldehydes is 1. The van der Waals surface area contributed by atoms with Gasteiger partial charge in [0.2, 0.25) is 23.7 Å². The lowest BCUT2D eigenvalue weighted by Gasteiger charge is -2.34. The number of imidazole rings is 2. The van der Waals surface area contributed by atoms with Gasteiger partial charge >= 0.3 is 6.09 Å². The van der Waals surface area contributed by atoms with Crippen molar-refractivity contribution in [1.29, 1.82) is 0 Å². The molecule has 2 atom stereocenters. The van der Waals surface area contributed by atoms with Gasteiger partial charge in [-0.05, 0) is 92.0 Å². The maximum Gasteiger partial charge on any atom is 0.412 e. The first kappa shape index (κ1) is 51.2. The highest BCUT2D eigenvalue weighted by molar-refractivity contribution is 6.03. The number of rotatable bonds is 18. The number of fused-ring (bicyclic) bond motifs is 4. The number of benzene rings is 1. The van der Waals surface area contributed by atoms with Crippen LogP contribution in [-0.2, 0) is 35.7 Å². The quantitative estimate of drug-likeness (QED) is 0.0428. The number of allylic oxidation sites excluding steroid dienone is 2. The molecule has 2 unspecified atom stereocenters. The number of anilines is 3. The molecule has 0 radical (unpaired) electrons. The van der Waals surface area contributed by atoms with E-state index in [1.807, 2.05) is 37.5 Å². The number of hydrogen-bond acceptors (Lipinski definition) is 15. The number of aromatic nitrogens is 9. The number of amides is 4. The van der Waals surface area contributed by atoms with Gasteiger partial charge in [-0.15, -0.1) is 0 Å². The lowest BCUT2D eigenvalue weighted by molar-refractivity contribution is -0.0160. The molecule has 5 aromatic heterocycles. The summed E-state index contributed by atoms with van der Waals surface area (Å²) in [6.07, 6.45) is 8.48. The highest BCUT2D eigenvalue weighted by atomic mass is 16.6. The third-order valence-corrected chi connectivity index (χ3v) is 12.0. The first-order valence-corrected chi connectivity index (χ1v) is 23.6. The fourth-order valence-electron chi connectivity index (χ4n) is 8.79. The predicted octanol–water partition coefficient (Wildman–Crippen LogP) is 5.06. The second kappa shape index (κ2) is 22.0. The summed E-state index contributed by atoms with van der Waals surface area (Å²) in [6, 6.07) is 7.54. The molecule has 0 spiro atoms. The van der Waals surface area contributed by atoms with Gasteiger partial charge in [-0.1, -0.05) is 12.2 Å². The summed E-state index contributed by atoms with van der Waals surface area (Å²) in [5, 5.41) is 17.2. The minimum absolute atomic E-state index is 0.201. The van der Waals surface area contributed by atoms with Crippen LogP contribution < -0.4 is 32.2 Å². The Hall–Kier alpha value is -7.66. The summed E-state index contributed by atoms with van der Waals surface area (Å²) in [6.45, 7) is 17.3. The van der Waals surface area contributed by atoms with E-state index < -0.39 is 23.5 Å². The highest BCUT2D eigenvalue weighted by Gasteiger charge is 2.36. The topological polar surface area (TPSA) is 289 Å². The Balaban J connectivity index is 0.000000348. The predicted molar refractivity (Wildman–Crippen MR) is 266 cm³/mol. The van der Waals surface area contributed by atoms with Crippen molar-refractivity contribution < 1.29 is 38.2 Å². The van der Waals surface area contributed by atoms with Crippen molar-refractivity contribution in [3.05, 3.63) is 76.5 Å². The average Bonchev–Trinajstić information content (AvgIpc) is 4.11. The van der Waals surface area contributed by atoms with E-state index in [-0.39, 0.29) is 24.0 Å². The Labute approximate surface area is 410 Å². The first-order chi connectivity index (χ1) is 33.9. The fourth-order valence-corrected chi connectivity index (χ4v) is 8.79. The Morgan fingerprint density at radius 1 is 0.859 bits per heavy atom. The smallest absolute Gasteiger partial charge is 0.412 e. The maximum atomic E-state index is 13.4. The van der Waals surface area contributed by atoms with Crippen molar-refractivity contribution >= 4 is 69.9 Å². The first-order valence-electron chi connectivity index (χ1n) is 23.6. The summed E-state index contributed by atoms with van der Waals surface area (Å²) in [5.41, 5.74) is 15.7. The number of ether oxygens (including phenoxy) is 3. The molecule has 7 N–H and O–H groups in total. The Morgan fingerprint density at radius 2 is 1.52 bits per heavy atom. The molecule has 2 aliphatic heterocycles. The normalized spacial score (nSPS) is 15.7. The molecule has 2 aliphatic rings. The molecule has 2 bridgehead atoms. The number of carbonyl (C=O) groups excluding carboxylic acids is 5. The number of carbonyl (C=O) groups is 5. The molecule has 8 rings (SSSR count). The molecular formula is C48H63N15O8. The summed E-state index contributed by atoms with van der Waals surface area (Å²) in [7, 11) is 1.78. The number of primary amides is 2. The van der Waals surface area contributed by atoms with Crippen molar-refractivity contribution in [3.8, 4) is 5.75 Å². The van der Waals surface area contributed by atoms with Crippen molar-refractivity contribution in [2.24, 2.45) is 11.5 Å². The Morgan fingerprint density at radius 3 is 2.15 bits per heavy atom. The molecule has 7 heterocycles. The van der Waals surface area contributed by atoms with Crippen LogP contribution in [0, 0.1) is 13.8 Å². The summed E-state index contributed by atoms with van der Waals surface area (Å²) >= 11 is 0. The van der Waals surface area contributed by atoms with Crippen molar-refractivity contribution in [2.75, 3.05) is 49.4 Å². The minimum atomic E-state index is -0.634. The number of nitrogens with two attached hydrogens (primary N) is 2. The molecule has 71 heavy (non-hydrogen) atoms. The molecule has 0 saturated carbocycles.